The monoisotopic (exact) mass is 317 g/mol. The molecule has 20 heavy (non-hydrogen) atoms. The van der Waals surface area contributed by atoms with Crippen LogP contribution in [0.2, 0.25) is 0 Å². The van der Waals surface area contributed by atoms with Crippen molar-refractivity contribution < 1.29 is 22.8 Å². The van der Waals surface area contributed by atoms with Gasteiger partial charge in [0.2, 0.25) is 11.8 Å². The Balaban J connectivity index is 0.00000361. The fraction of sp³-hybridized carbons (Fsp3) is 0.818. The summed E-state index contributed by atoms with van der Waals surface area (Å²) < 4.78 is 35.5. The third kappa shape index (κ3) is 6.42. The third-order valence-electron chi connectivity index (χ3n) is 3.09. The van der Waals surface area contributed by atoms with Gasteiger partial charge in [0.25, 0.3) is 0 Å². The number of carbonyl (C=O) groups is 2. The minimum atomic E-state index is -4.46. The molecule has 1 rings (SSSR count). The van der Waals surface area contributed by atoms with Gasteiger partial charge in [0, 0.05) is 0 Å². The molecule has 0 heterocycles. The zero-order chi connectivity index (χ0) is 14.5. The Labute approximate surface area is 121 Å². The van der Waals surface area contributed by atoms with E-state index < -0.39 is 36.6 Å². The zero-order valence-electron chi connectivity index (χ0n) is 10.9. The van der Waals surface area contributed by atoms with Crippen molar-refractivity contribution in [3.63, 3.8) is 0 Å². The summed E-state index contributed by atoms with van der Waals surface area (Å²) in [6, 6.07) is 0. The molecule has 1 aliphatic carbocycles. The van der Waals surface area contributed by atoms with Crippen molar-refractivity contribution in [2.24, 2.45) is 5.73 Å². The standard InChI is InChI=1S/C11H18F3N3O2.ClH/c12-11(13,14)7-17-8(18)6-16-9(19)10(15)4-2-1-3-5-10;/h1-7,15H2,(H,16,19)(H,17,18);1H. The van der Waals surface area contributed by atoms with Crippen molar-refractivity contribution in [3.8, 4) is 0 Å². The van der Waals surface area contributed by atoms with E-state index in [1.54, 1.807) is 5.32 Å². The molecule has 0 spiro atoms. The van der Waals surface area contributed by atoms with E-state index in [4.69, 9.17) is 5.73 Å². The molecule has 2 amide bonds. The van der Waals surface area contributed by atoms with Crippen molar-refractivity contribution >= 4 is 24.2 Å². The molecule has 5 nitrogen and oxygen atoms in total. The fourth-order valence-corrected chi connectivity index (χ4v) is 2.01. The number of rotatable bonds is 4. The smallest absolute Gasteiger partial charge is 0.345 e. The van der Waals surface area contributed by atoms with Crippen molar-refractivity contribution in [1.82, 2.24) is 10.6 Å². The van der Waals surface area contributed by atoms with Gasteiger partial charge in [-0.15, -0.1) is 12.4 Å². The topological polar surface area (TPSA) is 84.2 Å². The van der Waals surface area contributed by atoms with Crippen LogP contribution in [0.1, 0.15) is 32.1 Å². The van der Waals surface area contributed by atoms with Gasteiger partial charge in [-0.05, 0) is 12.8 Å². The fourth-order valence-electron chi connectivity index (χ4n) is 2.01. The lowest BCUT2D eigenvalue weighted by Gasteiger charge is -2.31. The van der Waals surface area contributed by atoms with Crippen LogP contribution in [0, 0.1) is 0 Å². The van der Waals surface area contributed by atoms with Crippen LogP contribution in [-0.2, 0) is 9.59 Å². The van der Waals surface area contributed by atoms with Crippen LogP contribution >= 0.6 is 12.4 Å². The van der Waals surface area contributed by atoms with Gasteiger partial charge in [0.05, 0.1) is 12.1 Å². The van der Waals surface area contributed by atoms with E-state index in [2.05, 4.69) is 5.32 Å². The molecule has 0 aromatic rings. The quantitative estimate of drug-likeness (QED) is 0.719. The van der Waals surface area contributed by atoms with E-state index in [1.165, 1.54) is 0 Å². The lowest BCUT2D eigenvalue weighted by Crippen LogP contribution is -2.56. The third-order valence-corrected chi connectivity index (χ3v) is 3.09. The van der Waals surface area contributed by atoms with Gasteiger partial charge in [0.15, 0.2) is 0 Å². The van der Waals surface area contributed by atoms with Gasteiger partial charge in [-0.1, -0.05) is 19.3 Å². The molecule has 0 aromatic carbocycles. The molecule has 1 aliphatic rings. The highest BCUT2D eigenvalue weighted by atomic mass is 35.5. The summed E-state index contributed by atoms with van der Waals surface area (Å²) >= 11 is 0. The van der Waals surface area contributed by atoms with E-state index in [0.29, 0.717) is 12.8 Å². The maximum atomic E-state index is 11.8. The maximum absolute atomic E-state index is 11.8. The van der Waals surface area contributed by atoms with Gasteiger partial charge in [-0.25, -0.2) is 0 Å². The summed E-state index contributed by atoms with van der Waals surface area (Å²) in [5.74, 6) is -1.36. The van der Waals surface area contributed by atoms with Crippen LogP contribution in [0.5, 0.6) is 0 Å². The molecule has 118 valence electrons. The lowest BCUT2D eigenvalue weighted by molar-refractivity contribution is -0.139. The normalized spacial score (nSPS) is 17.8. The van der Waals surface area contributed by atoms with Gasteiger partial charge < -0.3 is 16.4 Å². The molecule has 0 radical (unpaired) electrons. The Morgan fingerprint density at radius 2 is 1.65 bits per heavy atom. The molecular weight excluding hydrogens is 299 g/mol. The minimum absolute atomic E-state index is 0. The van der Waals surface area contributed by atoms with Crippen molar-refractivity contribution in [2.45, 2.75) is 43.8 Å². The maximum Gasteiger partial charge on any atom is 0.405 e. The number of alkyl halides is 3. The molecule has 9 heteroatoms. The largest absolute Gasteiger partial charge is 0.405 e. The number of halogens is 4. The number of carbonyl (C=O) groups excluding carboxylic acids is 2. The second-order valence-electron chi connectivity index (χ2n) is 4.79. The molecule has 0 aromatic heterocycles. The van der Waals surface area contributed by atoms with Crippen LogP contribution in [0.25, 0.3) is 0 Å². The molecule has 0 aliphatic heterocycles. The van der Waals surface area contributed by atoms with E-state index in [1.807, 2.05) is 0 Å². The molecule has 1 saturated carbocycles. The van der Waals surface area contributed by atoms with E-state index in [-0.39, 0.29) is 12.4 Å². The molecular formula is C11H19ClF3N3O2. The van der Waals surface area contributed by atoms with Gasteiger partial charge in [0.1, 0.15) is 6.54 Å². The Bertz CT molecular complexity index is 344. The number of nitrogens with two attached hydrogens (primary N) is 1. The number of nitrogens with one attached hydrogen (secondary N) is 2. The highest BCUT2D eigenvalue weighted by molar-refractivity contribution is 5.90. The second kappa shape index (κ2) is 7.68. The average Bonchev–Trinajstić information content (AvgIpc) is 2.33. The summed E-state index contributed by atoms with van der Waals surface area (Å²) in [5.41, 5.74) is 4.91. The first-order valence-corrected chi connectivity index (χ1v) is 6.14. The summed E-state index contributed by atoms with van der Waals surface area (Å²) in [4.78, 5) is 22.9. The summed E-state index contributed by atoms with van der Waals surface area (Å²) in [6.45, 7) is -1.90. The summed E-state index contributed by atoms with van der Waals surface area (Å²) in [6.07, 6.45) is -0.711. The molecule has 0 unspecified atom stereocenters. The molecule has 0 saturated heterocycles. The first-order valence-electron chi connectivity index (χ1n) is 6.14. The SMILES string of the molecule is Cl.NC1(C(=O)NCC(=O)NCC(F)(F)F)CCCCC1. The Morgan fingerprint density at radius 3 is 2.15 bits per heavy atom. The van der Waals surface area contributed by atoms with Gasteiger partial charge in [-0.2, -0.15) is 13.2 Å². The van der Waals surface area contributed by atoms with Crippen LogP contribution < -0.4 is 16.4 Å². The van der Waals surface area contributed by atoms with E-state index in [9.17, 15) is 22.8 Å². The van der Waals surface area contributed by atoms with Crippen molar-refractivity contribution in [3.05, 3.63) is 0 Å². The Morgan fingerprint density at radius 1 is 1.10 bits per heavy atom. The summed E-state index contributed by atoms with van der Waals surface area (Å²) in [7, 11) is 0. The number of amides is 2. The number of hydrogen-bond donors (Lipinski definition) is 3. The minimum Gasteiger partial charge on any atom is -0.345 e. The predicted octanol–water partition coefficient (Wildman–Crippen LogP) is 0.864. The first-order chi connectivity index (χ1) is 8.73. The molecule has 0 atom stereocenters. The van der Waals surface area contributed by atoms with Crippen molar-refractivity contribution in [1.29, 1.82) is 0 Å². The van der Waals surface area contributed by atoms with Crippen LogP contribution in [0.4, 0.5) is 13.2 Å². The molecule has 0 bridgehead atoms. The van der Waals surface area contributed by atoms with Crippen LogP contribution in [0.15, 0.2) is 0 Å². The first kappa shape index (κ1) is 19.0. The predicted molar refractivity (Wildman–Crippen MR) is 69.3 cm³/mol. The van der Waals surface area contributed by atoms with E-state index in [0.717, 1.165) is 19.3 Å². The number of hydrogen-bond acceptors (Lipinski definition) is 3. The lowest BCUT2D eigenvalue weighted by atomic mass is 9.82. The average molecular weight is 318 g/mol. The summed E-state index contributed by atoms with van der Waals surface area (Å²) in [5, 5.41) is 3.96. The highest BCUT2D eigenvalue weighted by Crippen LogP contribution is 2.25. The van der Waals surface area contributed by atoms with Crippen LogP contribution in [-0.4, -0.2) is 36.6 Å². The Hall–Kier alpha value is -1.02. The molecule has 4 N–H and O–H groups in total. The molecule has 1 fully saturated rings. The van der Waals surface area contributed by atoms with Crippen LogP contribution in [0.3, 0.4) is 0 Å². The Kier molecular flexibility index (Phi) is 7.29. The van der Waals surface area contributed by atoms with Crippen molar-refractivity contribution in [2.75, 3.05) is 13.1 Å². The second-order valence-corrected chi connectivity index (χ2v) is 4.79. The highest BCUT2D eigenvalue weighted by Gasteiger charge is 2.35. The van der Waals surface area contributed by atoms with E-state index >= 15 is 0 Å². The zero-order valence-corrected chi connectivity index (χ0v) is 11.7. The van der Waals surface area contributed by atoms with Gasteiger partial charge >= 0.3 is 6.18 Å². The van der Waals surface area contributed by atoms with Gasteiger partial charge in [-0.3, -0.25) is 9.59 Å².